The van der Waals surface area contributed by atoms with Crippen LogP contribution in [0.2, 0.25) is 0 Å². The maximum atomic E-state index is 12.3. The Bertz CT molecular complexity index is 902. The molecule has 0 radical (unpaired) electrons. The molecule has 0 atom stereocenters. The number of pyridine rings is 1. The van der Waals surface area contributed by atoms with Gasteiger partial charge in [-0.3, -0.25) is 0 Å². The van der Waals surface area contributed by atoms with E-state index in [0.717, 1.165) is 36.1 Å². The summed E-state index contributed by atoms with van der Waals surface area (Å²) in [5.74, 6) is 0. The molecule has 1 amide bonds. The molecule has 2 rings (SSSR count). The molecule has 0 fully saturated rings. The van der Waals surface area contributed by atoms with Gasteiger partial charge in [-0.2, -0.15) is 0 Å². The van der Waals surface area contributed by atoms with Crippen LogP contribution in [0.1, 0.15) is 102 Å². The fourth-order valence-electron chi connectivity index (χ4n) is 4.25. The first-order valence-corrected chi connectivity index (χ1v) is 13.5. The van der Waals surface area contributed by atoms with Crippen molar-refractivity contribution in [2.24, 2.45) is 0 Å². The van der Waals surface area contributed by atoms with Crippen LogP contribution >= 0.6 is 0 Å². The van der Waals surface area contributed by atoms with Crippen molar-refractivity contribution in [1.29, 1.82) is 0 Å². The van der Waals surface area contributed by atoms with Gasteiger partial charge in [0.15, 0.2) is 12.4 Å². The molecule has 192 valence electrons. The molecule has 0 aliphatic heterocycles. The van der Waals surface area contributed by atoms with E-state index >= 15 is 0 Å². The smallest absolute Gasteiger partial charge is 0.407 e. The lowest BCUT2D eigenvalue weighted by molar-refractivity contribution is -0.697. The van der Waals surface area contributed by atoms with Crippen LogP contribution < -0.4 is 9.88 Å². The van der Waals surface area contributed by atoms with Crippen LogP contribution in [-0.4, -0.2) is 12.7 Å². The van der Waals surface area contributed by atoms with Gasteiger partial charge in [-0.25, -0.2) is 9.36 Å². The predicted molar refractivity (Wildman–Crippen MR) is 146 cm³/mol. The molecule has 1 aromatic heterocycles. The summed E-state index contributed by atoms with van der Waals surface area (Å²) < 4.78 is 7.73. The minimum atomic E-state index is -0.500. The lowest BCUT2D eigenvalue weighted by atomic mass is 9.92. The first-order valence-electron chi connectivity index (χ1n) is 13.5. The molecular weight excluding hydrogens is 432 g/mol. The highest BCUT2D eigenvalue weighted by molar-refractivity contribution is 5.69. The number of ether oxygens (including phenoxy) is 1. The predicted octanol–water partition coefficient (Wildman–Crippen LogP) is 7.74. The van der Waals surface area contributed by atoms with Crippen LogP contribution in [0.4, 0.5) is 4.79 Å². The third-order valence-electron chi connectivity index (χ3n) is 6.53. The van der Waals surface area contributed by atoms with Gasteiger partial charge >= 0.3 is 6.09 Å². The zero-order valence-corrected chi connectivity index (χ0v) is 22.6. The molecule has 0 aliphatic carbocycles. The molecule has 0 bridgehead atoms. The molecule has 1 N–H and O–H groups in total. The molecule has 0 saturated carbocycles. The monoisotopic (exact) mass is 479 g/mol. The second-order valence-corrected chi connectivity index (χ2v) is 10.3. The van der Waals surface area contributed by atoms with E-state index in [-0.39, 0.29) is 6.09 Å². The SMILES string of the molecule is C=C(C)c1cccc(C(C)(C)NC(=O)OCCCCCCCCCC[n+]2ccc(CCC)cc2)c1. The van der Waals surface area contributed by atoms with Gasteiger partial charge in [0.25, 0.3) is 0 Å². The van der Waals surface area contributed by atoms with Gasteiger partial charge < -0.3 is 10.1 Å². The number of unbranched alkanes of at least 4 members (excludes halogenated alkanes) is 7. The molecule has 1 heterocycles. The van der Waals surface area contributed by atoms with Crippen molar-refractivity contribution in [2.75, 3.05) is 6.61 Å². The van der Waals surface area contributed by atoms with Crippen LogP contribution in [0.25, 0.3) is 5.57 Å². The summed E-state index contributed by atoms with van der Waals surface area (Å²) in [6, 6.07) is 12.6. The lowest BCUT2D eigenvalue weighted by Gasteiger charge is -2.27. The van der Waals surface area contributed by atoms with Gasteiger partial charge in [-0.15, -0.1) is 0 Å². The van der Waals surface area contributed by atoms with E-state index in [9.17, 15) is 4.79 Å². The van der Waals surface area contributed by atoms with E-state index < -0.39 is 5.54 Å². The van der Waals surface area contributed by atoms with Crippen molar-refractivity contribution in [3.8, 4) is 0 Å². The lowest BCUT2D eigenvalue weighted by Crippen LogP contribution is -2.41. The van der Waals surface area contributed by atoms with Gasteiger partial charge in [0.2, 0.25) is 0 Å². The molecule has 4 nitrogen and oxygen atoms in total. The first-order chi connectivity index (χ1) is 16.8. The number of allylic oxidation sites excluding steroid dienone is 1. The third kappa shape index (κ3) is 11.1. The highest BCUT2D eigenvalue weighted by Gasteiger charge is 2.23. The van der Waals surface area contributed by atoms with Gasteiger partial charge in [0.1, 0.15) is 6.54 Å². The first kappa shape index (κ1) is 28.6. The van der Waals surface area contributed by atoms with Crippen molar-refractivity contribution in [3.63, 3.8) is 0 Å². The normalized spacial score (nSPS) is 11.3. The number of hydrogen-bond acceptors (Lipinski definition) is 2. The summed E-state index contributed by atoms with van der Waals surface area (Å²) in [6.45, 7) is 13.8. The van der Waals surface area contributed by atoms with E-state index in [1.807, 2.05) is 39.0 Å². The number of carbonyl (C=O) groups excluding carboxylic acids is 1. The number of amides is 1. The van der Waals surface area contributed by atoms with Crippen molar-refractivity contribution >= 4 is 11.7 Å². The molecule has 2 aromatic rings. The second-order valence-electron chi connectivity index (χ2n) is 10.3. The van der Waals surface area contributed by atoms with E-state index in [0.29, 0.717) is 6.61 Å². The number of aryl methyl sites for hydroxylation is 2. The molecule has 0 unspecified atom stereocenters. The zero-order chi connectivity index (χ0) is 25.5. The Hall–Kier alpha value is -2.62. The molecule has 35 heavy (non-hydrogen) atoms. The number of hydrogen-bond donors (Lipinski definition) is 1. The quantitative estimate of drug-likeness (QED) is 0.198. The summed E-state index contributed by atoms with van der Waals surface area (Å²) in [5, 5.41) is 3.00. The van der Waals surface area contributed by atoms with Crippen LogP contribution in [-0.2, 0) is 23.2 Å². The highest BCUT2D eigenvalue weighted by Crippen LogP contribution is 2.23. The van der Waals surface area contributed by atoms with Crippen molar-refractivity contribution in [1.82, 2.24) is 5.32 Å². The van der Waals surface area contributed by atoms with Crippen molar-refractivity contribution < 1.29 is 14.1 Å². The Kier molecular flexibility index (Phi) is 12.6. The van der Waals surface area contributed by atoms with E-state index in [1.54, 1.807) is 0 Å². The number of carbonyl (C=O) groups is 1. The minimum Gasteiger partial charge on any atom is -0.450 e. The number of nitrogens with one attached hydrogen (secondary N) is 1. The molecule has 0 spiro atoms. The largest absolute Gasteiger partial charge is 0.450 e. The zero-order valence-electron chi connectivity index (χ0n) is 22.6. The number of nitrogens with zero attached hydrogens (tertiary/aromatic N) is 1. The molecule has 1 aromatic carbocycles. The Morgan fingerprint density at radius 3 is 2.23 bits per heavy atom. The minimum absolute atomic E-state index is 0.353. The van der Waals surface area contributed by atoms with Gasteiger partial charge in [-0.05, 0) is 62.8 Å². The van der Waals surface area contributed by atoms with Crippen LogP contribution in [0, 0.1) is 0 Å². The number of alkyl carbamates (subject to hydrolysis) is 1. The average Bonchev–Trinajstić information content (AvgIpc) is 2.83. The van der Waals surface area contributed by atoms with Gasteiger partial charge in [-0.1, -0.05) is 75.8 Å². The molecule has 0 saturated heterocycles. The molecule has 0 aliphatic rings. The fourth-order valence-corrected chi connectivity index (χ4v) is 4.25. The van der Waals surface area contributed by atoms with Gasteiger partial charge in [0.05, 0.1) is 12.1 Å². The average molecular weight is 480 g/mol. The summed E-state index contributed by atoms with van der Waals surface area (Å²) in [6.07, 6.45) is 16.1. The topological polar surface area (TPSA) is 42.2 Å². The summed E-state index contributed by atoms with van der Waals surface area (Å²) in [4.78, 5) is 12.3. The number of benzene rings is 1. The van der Waals surface area contributed by atoms with Crippen LogP contribution in [0.3, 0.4) is 0 Å². The van der Waals surface area contributed by atoms with Gasteiger partial charge in [0, 0.05) is 18.6 Å². The summed E-state index contributed by atoms with van der Waals surface area (Å²) in [7, 11) is 0. The van der Waals surface area contributed by atoms with Crippen molar-refractivity contribution in [3.05, 3.63) is 72.1 Å². The van der Waals surface area contributed by atoms with Crippen LogP contribution in [0.15, 0.2) is 55.4 Å². The Balaban J connectivity index is 1.49. The van der Waals surface area contributed by atoms with Crippen LogP contribution in [0.5, 0.6) is 0 Å². The van der Waals surface area contributed by atoms with Crippen molar-refractivity contribution in [2.45, 2.75) is 104 Å². The van der Waals surface area contributed by atoms with E-state index in [2.05, 4.69) is 54.0 Å². The molecular formula is C31H47N2O2+. The maximum absolute atomic E-state index is 12.3. The third-order valence-corrected chi connectivity index (χ3v) is 6.53. The summed E-state index contributed by atoms with van der Waals surface area (Å²) >= 11 is 0. The highest BCUT2D eigenvalue weighted by atomic mass is 16.5. The standard InChI is InChI=1S/C31H46N2O2/c1-6-16-27-19-22-33(23-20-27)21-13-11-9-7-8-10-12-14-24-35-30(34)32-31(4,5)29-18-15-17-28(25-29)26(2)3/h15,17-20,22-23,25H,2,6-14,16,21,24H2,1,3-5H3/p+1. The second kappa shape index (κ2) is 15.4. The Morgan fingerprint density at radius 2 is 1.60 bits per heavy atom. The van der Waals surface area contributed by atoms with E-state index in [4.69, 9.17) is 4.74 Å². The molecule has 4 heteroatoms. The maximum Gasteiger partial charge on any atom is 0.407 e. The number of aromatic nitrogens is 1. The summed E-state index contributed by atoms with van der Waals surface area (Å²) in [5.41, 5.74) is 4.07. The Morgan fingerprint density at radius 1 is 0.971 bits per heavy atom. The fraction of sp³-hybridized carbons (Fsp3) is 0.548. The number of rotatable bonds is 16. The van der Waals surface area contributed by atoms with E-state index in [1.165, 1.54) is 56.9 Å². The Labute approximate surface area is 213 Å².